The number of nitrogens with zero attached hydrogens (tertiary/aromatic N) is 3. The SMILES string of the molecule is CC(C)CN1C(N)=NCC1(C)c1ccc(F)cn1. The van der Waals surface area contributed by atoms with Crippen molar-refractivity contribution in [3.63, 3.8) is 0 Å². The van der Waals surface area contributed by atoms with Gasteiger partial charge in [0.1, 0.15) is 11.4 Å². The molecule has 2 heterocycles. The summed E-state index contributed by atoms with van der Waals surface area (Å²) in [6.45, 7) is 7.67. The quantitative estimate of drug-likeness (QED) is 0.888. The monoisotopic (exact) mass is 250 g/mol. The van der Waals surface area contributed by atoms with Crippen LogP contribution in [0.5, 0.6) is 0 Å². The van der Waals surface area contributed by atoms with Gasteiger partial charge in [-0.25, -0.2) is 4.39 Å². The molecule has 0 fully saturated rings. The van der Waals surface area contributed by atoms with Gasteiger partial charge in [0.25, 0.3) is 0 Å². The maximum Gasteiger partial charge on any atom is 0.192 e. The summed E-state index contributed by atoms with van der Waals surface area (Å²) in [5.41, 5.74) is 6.37. The largest absolute Gasteiger partial charge is 0.370 e. The summed E-state index contributed by atoms with van der Waals surface area (Å²) in [5, 5.41) is 0. The molecule has 0 bridgehead atoms. The molecule has 1 aromatic heterocycles. The van der Waals surface area contributed by atoms with Crippen LogP contribution in [0.25, 0.3) is 0 Å². The Morgan fingerprint density at radius 2 is 2.22 bits per heavy atom. The minimum Gasteiger partial charge on any atom is -0.370 e. The van der Waals surface area contributed by atoms with Crippen LogP contribution in [-0.2, 0) is 5.54 Å². The van der Waals surface area contributed by atoms with E-state index in [9.17, 15) is 4.39 Å². The molecule has 2 rings (SSSR count). The van der Waals surface area contributed by atoms with Crippen LogP contribution in [0.15, 0.2) is 23.3 Å². The van der Waals surface area contributed by atoms with Gasteiger partial charge >= 0.3 is 0 Å². The van der Waals surface area contributed by atoms with Crippen molar-refractivity contribution in [1.82, 2.24) is 9.88 Å². The van der Waals surface area contributed by atoms with E-state index in [2.05, 4.69) is 28.7 Å². The van der Waals surface area contributed by atoms with E-state index in [-0.39, 0.29) is 11.4 Å². The molecule has 0 radical (unpaired) electrons. The highest BCUT2D eigenvalue weighted by molar-refractivity contribution is 5.81. The minimum atomic E-state index is -0.373. The van der Waals surface area contributed by atoms with Crippen LogP contribution in [0.4, 0.5) is 4.39 Å². The molecule has 5 heteroatoms. The fourth-order valence-corrected chi connectivity index (χ4v) is 2.23. The molecule has 2 N–H and O–H groups in total. The number of aromatic nitrogens is 1. The predicted octanol–water partition coefficient (Wildman–Crippen LogP) is 1.72. The Kier molecular flexibility index (Phi) is 3.24. The number of rotatable bonds is 3. The lowest BCUT2D eigenvalue weighted by atomic mass is 9.95. The van der Waals surface area contributed by atoms with Crippen molar-refractivity contribution in [1.29, 1.82) is 0 Å². The Bertz CT molecular complexity index is 455. The summed E-state index contributed by atoms with van der Waals surface area (Å²) in [6, 6.07) is 3.13. The molecule has 1 aromatic rings. The van der Waals surface area contributed by atoms with Crippen molar-refractivity contribution in [3.05, 3.63) is 29.8 Å². The van der Waals surface area contributed by atoms with Crippen LogP contribution in [0, 0.1) is 11.7 Å². The summed E-state index contributed by atoms with van der Waals surface area (Å²) in [5.74, 6) is 0.679. The van der Waals surface area contributed by atoms with Crippen molar-refractivity contribution < 1.29 is 4.39 Å². The molecule has 0 saturated heterocycles. The van der Waals surface area contributed by atoms with Crippen LogP contribution >= 0.6 is 0 Å². The number of hydrogen-bond acceptors (Lipinski definition) is 4. The van der Waals surface area contributed by atoms with Gasteiger partial charge in [-0.1, -0.05) is 13.8 Å². The second-order valence-corrected chi connectivity index (χ2v) is 5.31. The molecule has 4 nitrogen and oxygen atoms in total. The summed E-state index contributed by atoms with van der Waals surface area (Å²) in [7, 11) is 0. The number of nitrogens with two attached hydrogens (primary N) is 1. The molecule has 0 spiro atoms. The fourth-order valence-electron chi connectivity index (χ4n) is 2.23. The van der Waals surface area contributed by atoms with Crippen LogP contribution in [0.1, 0.15) is 26.5 Å². The Hall–Kier alpha value is -1.65. The third kappa shape index (κ3) is 2.17. The number of aliphatic imine (C=N–C) groups is 1. The van der Waals surface area contributed by atoms with Crippen molar-refractivity contribution in [3.8, 4) is 0 Å². The van der Waals surface area contributed by atoms with E-state index < -0.39 is 0 Å². The first-order valence-electron chi connectivity index (χ1n) is 6.13. The lowest BCUT2D eigenvalue weighted by molar-refractivity contribution is 0.198. The van der Waals surface area contributed by atoms with Crippen molar-refractivity contribution >= 4 is 5.96 Å². The molecule has 1 atom stereocenters. The Morgan fingerprint density at radius 3 is 2.78 bits per heavy atom. The van der Waals surface area contributed by atoms with Crippen LogP contribution in [-0.4, -0.2) is 28.9 Å². The first-order valence-corrected chi connectivity index (χ1v) is 6.13. The van der Waals surface area contributed by atoms with Crippen molar-refractivity contribution in [2.45, 2.75) is 26.3 Å². The summed E-state index contributed by atoms with van der Waals surface area (Å²) in [4.78, 5) is 10.5. The third-order valence-corrected chi connectivity index (χ3v) is 3.25. The molecular weight excluding hydrogens is 231 g/mol. The predicted molar refractivity (Wildman–Crippen MR) is 69.6 cm³/mol. The Morgan fingerprint density at radius 1 is 1.50 bits per heavy atom. The van der Waals surface area contributed by atoms with Crippen LogP contribution in [0.3, 0.4) is 0 Å². The summed E-state index contributed by atoms with van der Waals surface area (Å²) in [6.07, 6.45) is 1.24. The second kappa shape index (κ2) is 4.55. The van der Waals surface area contributed by atoms with E-state index in [1.165, 1.54) is 12.3 Å². The summed E-state index contributed by atoms with van der Waals surface area (Å²) < 4.78 is 13.0. The van der Waals surface area contributed by atoms with Gasteiger partial charge in [0.2, 0.25) is 0 Å². The Balaban J connectivity index is 2.32. The van der Waals surface area contributed by atoms with Gasteiger partial charge in [-0.3, -0.25) is 9.98 Å². The van der Waals surface area contributed by atoms with Gasteiger partial charge in [0.05, 0.1) is 18.4 Å². The van der Waals surface area contributed by atoms with Gasteiger partial charge in [0.15, 0.2) is 5.96 Å². The lowest BCUT2D eigenvalue weighted by Gasteiger charge is -2.36. The normalized spacial score (nSPS) is 23.6. The molecule has 0 amide bonds. The number of halogens is 1. The highest BCUT2D eigenvalue weighted by Crippen LogP contribution is 2.31. The molecule has 1 aliphatic heterocycles. The summed E-state index contributed by atoms with van der Waals surface area (Å²) >= 11 is 0. The molecule has 1 aliphatic rings. The molecule has 98 valence electrons. The molecule has 18 heavy (non-hydrogen) atoms. The van der Waals surface area contributed by atoms with Gasteiger partial charge in [0, 0.05) is 6.54 Å². The lowest BCUT2D eigenvalue weighted by Crippen LogP contribution is -2.49. The topological polar surface area (TPSA) is 54.5 Å². The molecule has 0 aliphatic carbocycles. The molecule has 0 aromatic carbocycles. The third-order valence-electron chi connectivity index (χ3n) is 3.25. The first kappa shape index (κ1) is 12.8. The van der Waals surface area contributed by atoms with E-state index in [0.717, 1.165) is 12.2 Å². The van der Waals surface area contributed by atoms with Crippen molar-refractivity contribution in [2.24, 2.45) is 16.6 Å². The van der Waals surface area contributed by atoms with Crippen molar-refractivity contribution in [2.75, 3.05) is 13.1 Å². The van der Waals surface area contributed by atoms with E-state index in [1.54, 1.807) is 6.07 Å². The average molecular weight is 250 g/mol. The maximum atomic E-state index is 13.0. The molecule has 1 unspecified atom stereocenters. The maximum absolute atomic E-state index is 13.0. The van der Waals surface area contributed by atoms with E-state index in [4.69, 9.17) is 5.73 Å². The van der Waals surface area contributed by atoms with Gasteiger partial charge in [-0.15, -0.1) is 0 Å². The van der Waals surface area contributed by atoms with Gasteiger partial charge in [-0.2, -0.15) is 0 Å². The fraction of sp³-hybridized carbons (Fsp3) is 0.538. The van der Waals surface area contributed by atoms with Crippen LogP contribution < -0.4 is 5.73 Å². The molecule has 0 saturated carbocycles. The highest BCUT2D eigenvalue weighted by atomic mass is 19.1. The number of pyridine rings is 1. The zero-order valence-electron chi connectivity index (χ0n) is 11.0. The average Bonchev–Trinajstić information content (AvgIpc) is 2.59. The standard InChI is InChI=1S/C13H19FN4/c1-9(2)7-18-12(15)17-8-13(18,3)11-5-4-10(14)6-16-11/h4-6,9H,7-8H2,1-3H3,(H2,15,17). The van der Waals surface area contributed by atoms with Gasteiger partial charge in [-0.05, 0) is 25.0 Å². The van der Waals surface area contributed by atoms with Crippen LogP contribution in [0.2, 0.25) is 0 Å². The Labute approximate surface area is 107 Å². The zero-order valence-corrected chi connectivity index (χ0v) is 11.0. The first-order chi connectivity index (χ1) is 8.43. The zero-order chi connectivity index (χ0) is 13.3. The van der Waals surface area contributed by atoms with E-state index in [0.29, 0.717) is 18.4 Å². The minimum absolute atomic E-state index is 0.329. The highest BCUT2D eigenvalue weighted by Gasteiger charge is 2.40. The molecular formula is C13H19FN4. The van der Waals surface area contributed by atoms with Gasteiger partial charge < -0.3 is 10.6 Å². The van der Waals surface area contributed by atoms with E-state index >= 15 is 0 Å². The number of hydrogen-bond donors (Lipinski definition) is 1. The van der Waals surface area contributed by atoms with E-state index in [1.807, 2.05) is 6.92 Å². The number of guanidine groups is 1. The second-order valence-electron chi connectivity index (χ2n) is 5.31. The smallest absolute Gasteiger partial charge is 0.192 e.